The van der Waals surface area contributed by atoms with Gasteiger partial charge in [0.05, 0.1) is 6.54 Å². The van der Waals surface area contributed by atoms with Crippen LogP contribution in [0.1, 0.15) is 18.9 Å². The van der Waals surface area contributed by atoms with Crippen molar-refractivity contribution < 1.29 is 9.53 Å². The van der Waals surface area contributed by atoms with E-state index in [4.69, 9.17) is 4.74 Å². The van der Waals surface area contributed by atoms with Crippen LogP contribution in [0.2, 0.25) is 0 Å². The zero-order valence-electron chi connectivity index (χ0n) is 11.9. The molecule has 4 heteroatoms. The smallest absolute Gasteiger partial charge is 0.234 e. The fourth-order valence-corrected chi connectivity index (χ4v) is 1.82. The van der Waals surface area contributed by atoms with E-state index < -0.39 is 0 Å². The molecule has 0 heterocycles. The molecule has 0 bridgehead atoms. The molecule has 0 aliphatic carbocycles. The monoisotopic (exact) mass is 264 g/mol. The lowest BCUT2D eigenvalue weighted by molar-refractivity contribution is -0.122. The standard InChI is InChI=1S/C15H24N2O2/c1-3-17(12-14-8-5-4-6-9-14)13-15(18)16-10-7-11-19-2/h4-6,8-9H,3,7,10-13H2,1-2H3,(H,16,18). The zero-order valence-corrected chi connectivity index (χ0v) is 11.9. The minimum atomic E-state index is 0.0777. The number of likely N-dealkylation sites (N-methyl/N-ethyl adjacent to an activating group) is 1. The van der Waals surface area contributed by atoms with E-state index in [0.717, 1.165) is 19.5 Å². The molecule has 0 fully saturated rings. The van der Waals surface area contributed by atoms with E-state index in [9.17, 15) is 4.79 Å². The van der Waals surface area contributed by atoms with Crippen molar-refractivity contribution in [1.29, 1.82) is 0 Å². The van der Waals surface area contributed by atoms with Crippen molar-refractivity contribution in [3.05, 3.63) is 35.9 Å². The Morgan fingerprint density at radius 2 is 2.05 bits per heavy atom. The Balaban J connectivity index is 2.29. The molecule has 0 atom stereocenters. The third-order valence-corrected chi connectivity index (χ3v) is 2.91. The minimum Gasteiger partial charge on any atom is -0.385 e. The summed E-state index contributed by atoms with van der Waals surface area (Å²) >= 11 is 0. The Morgan fingerprint density at radius 3 is 2.68 bits per heavy atom. The molecule has 0 saturated heterocycles. The van der Waals surface area contributed by atoms with Crippen LogP contribution in [0.15, 0.2) is 30.3 Å². The number of hydrogen-bond donors (Lipinski definition) is 1. The van der Waals surface area contributed by atoms with E-state index in [2.05, 4.69) is 29.3 Å². The van der Waals surface area contributed by atoms with Crippen molar-refractivity contribution in [3.63, 3.8) is 0 Å². The van der Waals surface area contributed by atoms with Crippen LogP contribution in [0, 0.1) is 0 Å². The molecule has 0 aliphatic heterocycles. The summed E-state index contributed by atoms with van der Waals surface area (Å²) in [6.45, 7) is 5.54. The third kappa shape index (κ3) is 6.94. The first-order chi connectivity index (χ1) is 9.26. The van der Waals surface area contributed by atoms with Crippen LogP contribution in [0.3, 0.4) is 0 Å². The van der Waals surface area contributed by atoms with Gasteiger partial charge in [-0.15, -0.1) is 0 Å². The zero-order chi connectivity index (χ0) is 13.9. The van der Waals surface area contributed by atoms with Crippen LogP contribution in [0.4, 0.5) is 0 Å². The fraction of sp³-hybridized carbons (Fsp3) is 0.533. The van der Waals surface area contributed by atoms with Gasteiger partial charge >= 0.3 is 0 Å². The number of rotatable bonds is 9. The van der Waals surface area contributed by atoms with Crippen LogP contribution in [0.5, 0.6) is 0 Å². The van der Waals surface area contributed by atoms with Crippen molar-refractivity contribution >= 4 is 5.91 Å². The summed E-state index contributed by atoms with van der Waals surface area (Å²) < 4.78 is 4.94. The highest BCUT2D eigenvalue weighted by Gasteiger charge is 2.08. The average molecular weight is 264 g/mol. The van der Waals surface area contributed by atoms with Gasteiger partial charge in [-0.1, -0.05) is 37.3 Å². The summed E-state index contributed by atoms with van der Waals surface area (Å²) in [6.07, 6.45) is 0.854. The van der Waals surface area contributed by atoms with E-state index in [1.165, 1.54) is 5.56 Å². The Kier molecular flexibility index (Phi) is 7.86. The van der Waals surface area contributed by atoms with E-state index >= 15 is 0 Å². The lowest BCUT2D eigenvalue weighted by atomic mass is 10.2. The number of hydrogen-bond acceptors (Lipinski definition) is 3. The van der Waals surface area contributed by atoms with Crippen molar-refractivity contribution in [2.45, 2.75) is 19.9 Å². The summed E-state index contributed by atoms with van der Waals surface area (Å²) in [5, 5.41) is 2.91. The lowest BCUT2D eigenvalue weighted by Crippen LogP contribution is -2.37. The number of benzene rings is 1. The van der Waals surface area contributed by atoms with Gasteiger partial charge in [-0.05, 0) is 18.5 Å². The van der Waals surface area contributed by atoms with E-state index in [1.807, 2.05) is 18.2 Å². The van der Waals surface area contributed by atoms with Gasteiger partial charge in [-0.2, -0.15) is 0 Å². The number of amides is 1. The third-order valence-electron chi connectivity index (χ3n) is 2.91. The van der Waals surface area contributed by atoms with Crippen LogP contribution in [-0.4, -0.2) is 44.2 Å². The Hall–Kier alpha value is -1.39. The molecule has 0 radical (unpaired) electrons. The SMILES string of the molecule is CCN(CC(=O)NCCCOC)Cc1ccccc1. The van der Waals surface area contributed by atoms with E-state index in [1.54, 1.807) is 7.11 Å². The first-order valence-corrected chi connectivity index (χ1v) is 6.78. The van der Waals surface area contributed by atoms with Crippen LogP contribution >= 0.6 is 0 Å². The summed E-state index contributed by atoms with van der Waals surface area (Å²) in [4.78, 5) is 13.9. The first kappa shape index (κ1) is 15.7. The quantitative estimate of drug-likeness (QED) is 0.690. The maximum absolute atomic E-state index is 11.8. The van der Waals surface area contributed by atoms with E-state index in [-0.39, 0.29) is 5.91 Å². The Bertz CT molecular complexity index is 354. The summed E-state index contributed by atoms with van der Waals surface area (Å²) in [7, 11) is 1.67. The highest BCUT2D eigenvalue weighted by Crippen LogP contribution is 2.03. The maximum Gasteiger partial charge on any atom is 0.234 e. The fourth-order valence-electron chi connectivity index (χ4n) is 1.82. The van der Waals surface area contributed by atoms with Gasteiger partial charge in [0.25, 0.3) is 0 Å². The van der Waals surface area contributed by atoms with Gasteiger partial charge in [0.1, 0.15) is 0 Å². The predicted octanol–water partition coefficient (Wildman–Crippen LogP) is 1.66. The molecule has 0 saturated carbocycles. The number of carbonyl (C=O) groups is 1. The van der Waals surface area contributed by atoms with E-state index in [0.29, 0.717) is 19.7 Å². The Labute approximate surface area is 115 Å². The van der Waals surface area contributed by atoms with Gasteiger partial charge < -0.3 is 10.1 Å². The molecule has 1 amide bonds. The molecule has 4 nitrogen and oxygen atoms in total. The summed E-state index contributed by atoms with van der Waals surface area (Å²) in [5.74, 6) is 0.0777. The van der Waals surface area contributed by atoms with Crippen molar-refractivity contribution in [1.82, 2.24) is 10.2 Å². The van der Waals surface area contributed by atoms with Gasteiger partial charge in [0.15, 0.2) is 0 Å². The van der Waals surface area contributed by atoms with Crippen molar-refractivity contribution in [2.24, 2.45) is 0 Å². The molecule has 0 unspecified atom stereocenters. The highest BCUT2D eigenvalue weighted by molar-refractivity contribution is 5.77. The lowest BCUT2D eigenvalue weighted by Gasteiger charge is -2.19. The summed E-state index contributed by atoms with van der Waals surface area (Å²) in [6, 6.07) is 10.2. The van der Waals surface area contributed by atoms with Crippen LogP contribution in [0.25, 0.3) is 0 Å². The maximum atomic E-state index is 11.8. The second kappa shape index (κ2) is 9.53. The second-order valence-electron chi connectivity index (χ2n) is 4.49. The predicted molar refractivity (Wildman–Crippen MR) is 76.9 cm³/mol. The number of nitrogens with zero attached hydrogens (tertiary/aromatic N) is 1. The molecule has 1 rings (SSSR count). The molecule has 106 valence electrons. The molecule has 0 aliphatic rings. The summed E-state index contributed by atoms with van der Waals surface area (Å²) in [5.41, 5.74) is 1.23. The largest absolute Gasteiger partial charge is 0.385 e. The highest BCUT2D eigenvalue weighted by atomic mass is 16.5. The molecule has 1 N–H and O–H groups in total. The normalized spacial score (nSPS) is 10.7. The Morgan fingerprint density at radius 1 is 1.32 bits per heavy atom. The molecular formula is C15H24N2O2. The van der Waals surface area contributed by atoms with Crippen LogP contribution in [-0.2, 0) is 16.1 Å². The molecule has 1 aromatic rings. The van der Waals surface area contributed by atoms with Gasteiger partial charge in [0, 0.05) is 26.8 Å². The van der Waals surface area contributed by atoms with Gasteiger partial charge in [0.2, 0.25) is 5.91 Å². The minimum absolute atomic E-state index is 0.0777. The number of carbonyl (C=O) groups excluding carboxylic acids is 1. The molecule has 0 aromatic heterocycles. The molecule has 19 heavy (non-hydrogen) atoms. The first-order valence-electron chi connectivity index (χ1n) is 6.78. The topological polar surface area (TPSA) is 41.6 Å². The number of ether oxygens (including phenoxy) is 1. The van der Waals surface area contributed by atoms with Gasteiger partial charge in [-0.25, -0.2) is 0 Å². The number of nitrogens with one attached hydrogen (secondary N) is 1. The molecule has 1 aromatic carbocycles. The second-order valence-corrected chi connectivity index (χ2v) is 4.49. The number of methoxy groups -OCH3 is 1. The van der Waals surface area contributed by atoms with Gasteiger partial charge in [-0.3, -0.25) is 9.69 Å². The average Bonchev–Trinajstić information content (AvgIpc) is 2.44. The molecule has 0 spiro atoms. The molecular weight excluding hydrogens is 240 g/mol. The van der Waals surface area contributed by atoms with Crippen LogP contribution < -0.4 is 5.32 Å². The van der Waals surface area contributed by atoms with Crippen molar-refractivity contribution in [2.75, 3.05) is 33.4 Å². The van der Waals surface area contributed by atoms with Crippen molar-refractivity contribution in [3.8, 4) is 0 Å².